The summed E-state index contributed by atoms with van der Waals surface area (Å²) in [6.07, 6.45) is 0.0327. The average Bonchev–Trinajstić information content (AvgIpc) is 3.11. The van der Waals surface area contributed by atoms with Crippen LogP contribution in [0.1, 0.15) is 39.6 Å². The van der Waals surface area contributed by atoms with Gasteiger partial charge in [-0.05, 0) is 45.9 Å². The van der Waals surface area contributed by atoms with Crippen molar-refractivity contribution in [2.75, 3.05) is 25.0 Å². The zero-order chi connectivity index (χ0) is 22.0. The molecule has 162 valence electrons. The molecule has 0 aliphatic carbocycles. The van der Waals surface area contributed by atoms with Crippen LogP contribution in [-0.4, -0.2) is 50.4 Å². The van der Waals surface area contributed by atoms with Crippen LogP contribution in [-0.2, 0) is 16.0 Å². The minimum absolute atomic E-state index is 0.0632. The molecule has 1 fully saturated rings. The van der Waals surface area contributed by atoms with Gasteiger partial charge in [0.1, 0.15) is 6.10 Å². The van der Waals surface area contributed by atoms with E-state index in [1.165, 1.54) is 0 Å². The number of hydrogen-bond acceptors (Lipinski definition) is 8. The highest BCUT2D eigenvalue weighted by atomic mass is 32.1. The minimum Gasteiger partial charge on any atom is -0.368 e. The van der Waals surface area contributed by atoms with Crippen LogP contribution in [0.15, 0.2) is 23.6 Å². The number of nitrogens with zero attached hydrogens (tertiary/aromatic N) is 5. The van der Waals surface area contributed by atoms with E-state index in [1.807, 2.05) is 56.2 Å². The van der Waals surface area contributed by atoms with Gasteiger partial charge in [-0.15, -0.1) is 11.3 Å². The van der Waals surface area contributed by atoms with Gasteiger partial charge in [-0.25, -0.2) is 15.0 Å². The molecule has 3 aromatic rings. The fourth-order valence-electron chi connectivity index (χ4n) is 3.65. The molecule has 0 spiro atoms. The van der Waals surface area contributed by atoms with Gasteiger partial charge < -0.3 is 15.0 Å². The first kappa shape index (κ1) is 21.3. The number of nitrogens with one attached hydrogen (secondary N) is 1. The van der Waals surface area contributed by atoms with Crippen molar-refractivity contribution in [2.45, 2.75) is 40.2 Å². The Morgan fingerprint density at radius 1 is 1.10 bits per heavy atom. The largest absolute Gasteiger partial charge is 0.368 e. The second kappa shape index (κ2) is 9.07. The Bertz CT molecular complexity index is 1080. The van der Waals surface area contributed by atoms with Crippen LogP contribution in [0.5, 0.6) is 0 Å². The van der Waals surface area contributed by atoms with Crippen molar-refractivity contribution in [1.29, 1.82) is 0 Å². The lowest BCUT2D eigenvalue weighted by Crippen LogP contribution is -2.43. The standard InChI is InChI=1S/C22H26N6O2S/c1-13-7-14(2)25-22(24-13)27-17-8-15(3)23-19(9-17)20-11-28(5-6-30-20)21(29)10-18-12-31-16(4)26-18/h7-9,12,20H,5-6,10-11H2,1-4H3,(H,23,24,25,27). The van der Waals surface area contributed by atoms with Crippen LogP contribution < -0.4 is 5.32 Å². The predicted octanol–water partition coefficient (Wildman–Crippen LogP) is 3.45. The summed E-state index contributed by atoms with van der Waals surface area (Å²) in [6, 6.07) is 5.82. The molecule has 0 aromatic carbocycles. The minimum atomic E-state index is -0.282. The summed E-state index contributed by atoms with van der Waals surface area (Å²) in [5.74, 6) is 0.613. The maximum atomic E-state index is 12.8. The van der Waals surface area contributed by atoms with E-state index in [0.29, 0.717) is 32.1 Å². The van der Waals surface area contributed by atoms with Crippen molar-refractivity contribution >= 4 is 28.9 Å². The van der Waals surface area contributed by atoms with Gasteiger partial charge in [0.2, 0.25) is 11.9 Å². The maximum absolute atomic E-state index is 12.8. The summed E-state index contributed by atoms with van der Waals surface area (Å²) in [5, 5.41) is 6.19. The Balaban J connectivity index is 1.48. The van der Waals surface area contributed by atoms with Crippen LogP contribution in [0.2, 0.25) is 0 Å². The second-order valence-electron chi connectivity index (χ2n) is 7.76. The maximum Gasteiger partial charge on any atom is 0.228 e. The Kier molecular flexibility index (Phi) is 6.24. The highest BCUT2D eigenvalue weighted by Gasteiger charge is 2.27. The van der Waals surface area contributed by atoms with Crippen LogP contribution in [0.3, 0.4) is 0 Å². The molecule has 1 amide bonds. The summed E-state index contributed by atoms with van der Waals surface area (Å²) in [5.41, 5.74) is 5.12. The van der Waals surface area contributed by atoms with Crippen LogP contribution in [0.4, 0.5) is 11.6 Å². The van der Waals surface area contributed by atoms with E-state index < -0.39 is 0 Å². The van der Waals surface area contributed by atoms with E-state index in [-0.39, 0.29) is 12.0 Å². The zero-order valence-corrected chi connectivity index (χ0v) is 19.0. The lowest BCUT2D eigenvalue weighted by Gasteiger charge is -2.33. The molecule has 8 nitrogen and oxygen atoms in total. The average molecular weight is 439 g/mol. The number of aromatic nitrogens is 4. The van der Waals surface area contributed by atoms with Gasteiger partial charge in [0.15, 0.2) is 0 Å². The molecule has 9 heteroatoms. The first-order valence-electron chi connectivity index (χ1n) is 10.2. The number of thiazole rings is 1. The molecule has 1 saturated heterocycles. The van der Waals surface area contributed by atoms with E-state index in [0.717, 1.165) is 39.2 Å². The first-order chi connectivity index (χ1) is 14.9. The van der Waals surface area contributed by atoms with Crippen molar-refractivity contribution in [3.05, 3.63) is 57.1 Å². The summed E-state index contributed by atoms with van der Waals surface area (Å²) in [7, 11) is 0. The van der Waals surface area contributed by atoms with Gasteiger partial charge in [-0.1, -0.05) is 0 Å². The Hall–Kier alpha value is -2.91. The van der Waals surface area contributed by atoms with E-state index in [1.54, 1.807) is 11.3 Å². The number of pyridine rings is 1. The molecule has 3 aromatic heterocycles. The molecule has 1 unspecified atom stereocenters. The van der Waals surface area contributed by atoms with Crippen molar-refractivity contribution in [2.24, 2.45) is 0 Å². The Labute approximate surface area is 185 Å². The monoisotopic (exact) mass is 438 g/mol. The molecular formula is C22H26N6O2S. The number of rotatable bonds is 5. The quantitative estimate of drug-likeness (QED) is 0.652. The van der Waals surface area contributed by atoms with E-state index in [2.05, 4.69) is 25.3 Å². The molecule has 1 N–H and O–H groups in total. The van der Waals surface area contributed by atoms with E-state index >= 15 is 0 Å². The Morgan fingerprint density at radius 3 is 2.55 bits per heavy atom. The molecule has 1 aliphatic heterocycles. The lowest BCUT2D eigenvalue weighted by atomic mass is 10.1. The predicted molar refractivity (Wildman–Crippen MR) is 120 cm³/mol. The molecule has 0 radical (unpaired) electrons. The highest BCUT2D eigenvalue weighted by Crippen LogP contribution is 2.25. The van der Waals surface area contributed by atoms with Gasteiger partial charge >= 0.3 is 0 Å². The van der Waals surface area contributed by atoms with Gasteiger partial charge in [0, 0.05) is 34.7 Å². The fourth-order valence-corrected chi connectivity index (χ4v) is 4.27. The van der Waals surface area contributed by atoms with Crippen LogP contribution in [0.25, 0.3) is 0 Å². The third-order valence-electron chi connectivity index (χ3n) is 4.96. The molecular weight excluding hydrogens is 412 g/mol. The fraction of sp³-hybridized carbons (Fsp3) is 0.409. The van der Waals surface area contributed by atoms with Gasteiger partial charge in [0.05, 0.1) is 36.0 Å². The number of ether oxygens (including phenoxy) is 1. The Morgan fingerprint density at radius 2 is 1.84 bits per heavy atom. The molecule has 1 aliphatic rings. The second-order valence-corrected chi connectivity index (χ2v) is 8.82. The van der Waals surface area contributed by atoms with Gasteiger partial charge in [0.25, 0.3) is 0 Å². The number of carbonyl (C=O) groups excluding carboxylic acids is 1. The topological polar surface area (TPSA) is 93.1 Å². The summed E-state index contributed by atoms with van der Waals surface area (Å²) >= 11 is 1.56. The lowest BCUT2D eigenvalue weighted by molar-refractivity contribution is -0.138. The number of aryl methyl sites for hydroxylation is 4. The number of anilines is 2. The molecule has 4 heterocycles. The highest BCUT2D eigenvalue weighted by molar-refractivity contribution is 7.09. The summed E-state index contributed by atoms with van der Waals surface area (Å²) in [6.45, 7) is 9.29. The van der Waals surface area contributed by atoms with Gasteiger partial charge in [-0.3, -0.25) is 9.78 Å². The third-order valence-corrected chi connectivity index (χ3v) is 5.78. The molecule has 1 atom stereocenters. The van der Waals surface area contributed by atoms with Crippen molar-refractivity contribution in [3.63, 3.8) is 0 Å². The molecule has 0 bridgehead atoms. The van der Waals surface area contributed by atoms with Gasteiger partial charge in [-0.2, -0.15) is 0 Å². The van der Waals surface area contributed by atoms with Crippen LogP contribution in [0, 0.1) is 27.7 Å². The number of hydrogen-bond donors (Lipinski definition) is 1. The van der Waals surface area contributed by atoms with Crippen LogP contribution >= 0.6 is 11.3 Å². The summed E-state index contributed by atoms with van der Waals surface area (Å²) in [4.78, 5) is 32.6. The number of amides is 1. The SMILES string of the molecule is Cc1cc(Nc2nc(C)cc(C)n2)cc(C2CN(C(=O)Cc3csc(C)n3)CCO2)n1. The summed E-state index contributed by atoms with van der Waals surface area (Å²) < 4.78 is 5.97. The van der Waals surface area contributed by atoms with Crippen molar-refractivity contribution in [1.82, 2.24) is 24.8 Å². The molecule has 4 rings (SSSR count). The number of morpholine rings is 1. The smallest absolute Gasteiger partial charge is 0.228 e. The normalized spacial score (nSPS) is 16.4. The van der Waals surface area contributed by atoms with Crippen molar-refractivity contribution < 1.29 is 9.53 Å². The van der Waals surface area contributed by atoms with E-state index in [4.69, 9.17) is 4.74 Å². The molecule has 31 heavy (non-hydrogen) atoms. The zero-order valence-electron chi connectivity index (χ0n) is 18.2. The third kappa shape index (κ3) is 5.42. The number of carbonyl (C=O) groups is 1. The first-order valence-corrected chi connectivity index (χ1v) is 11.1. The molecule has 0 saturated carbocycles. The van der Waals surface area contributed by atoms with E-state index in [9.17, 15) is 4.79 Å². The van der Waals surface area contributed by atoms with Crippen molar-refractivity contribution in [3.8, 4) is 0 Å².